The van der Waals surface area contributed by atoms with Crippen molar-refractivity contribution in [3.63, 3.8) is 0 Å². The van der Waals surface area contributed by atoms with Gasteiger partial charge in [0.2, 0.25) is 15.8 Å². The third-order valence-corrected chi connectivity index (χ3v) is 5.39. The number of nitrogens with one attached hydrogen (secondary N) is 1. The molecular weight excluding hydrogens is 405 g/mol. The molecule has 0 atom stereocenters. The van der Waals surface area contributed by atoms with Crippen molar-refractivity contribution in [2.75, 3.05) is 21.3 Å². The van der Waals surface area contributed by atoms with Crippen LogP contribution in [0, 0.1) is 0 Å². The molecule has 0 fully saturated rings. The van der Waals surface area contributed by atoms with E-state index in [0.29, 0.717) is 22.8 Å². The SMILES string of the molecule is COc1cc(CNS(=O)(=O)c2cc(Cl)cc(Cl)c2O)cc(OC)c1OC. The number of phenols is 1. The van der Waals surface area contributed by atoms with Crippen LogP contribution < -0.4 is 18.9 Å². The first-order chi connectivity index (χ1) is 12.2. The second-order valence-corrected chi connectivity index (χ2v) is 7.67. The largest absolute Gasteiger partial charge is 0.505 e. The van der Waals surface area contributed by atoms with E-state index in [-0.39, 0.29) is 16.6 Å². The third-order valence-electron chi connectivity index (χ3n) is 3.47. The molecular formula is C16H17Cl2NO6S. The Bertz CT molecular complexity index is 892. The van der Waals surface area contributed by atoms with Crippen LogP contribution in [-0.4, -0.2) is 34.9 Å². The number of hydrogen-bond acceptors (Lipinski definition) is 6. The van der Waals surface area contributed by atoms with Crippen molar-refractivity contribution in [2.24, 2.45) is 0 Å². The molecule has 0 saturated heterocycles. The van der Waals surface area contributed by atoms with Crippen LogP contribution in [-0.2, 0) is 16.6 Å². The maximum atomic E-state index is 12.5. The Balaban J connectivity index is 2.33. The van der Waals surface area contributed by atoms with Gasteiger partial charge in [-0.25, -0.2) is 13.1 Å². The summed E-state index contributed by atoms with van der Waals surface area (Å²) in [7, 11) is 0.307. The predicted molar refractivity (Wildman–Crippen MR) is 98.3 cm³/mol. The van der Waals surface area contributed by atoms with E-state index in [4.69, 9.17) is 37.4 Å². The first-order valence-corrected chi connectivity index (χ1v) is 9.44. The lowest BCUT2D eigenvalue weighted by Crippen LogP contribution is -2.23. The van der Waals surface area contributed by atoms with Crippen LogP contribution in [0.3, 0.4) is 0 Å². The summed E-state index contributed by atoms with van der Waals surface area (Å²) in [5.74, 6) is 0.582. The van der Waals surface area contributed by atoms with E-state index >= 15 is 0 Å². The summed E-state index contributed by atoms with van der Waals surface area (Å²) in [5, 5.41) is 9.84. The van der Waals surface area contributed by atoms with Crippen LogP contribution in [0.5, 0.6) is 23.0 Å². The minimum atomic E-state index is -4.07. The topological polar surface area (TPSA) is 94.1 Å². The summed E-state index contributed by atoms with van der Waals surface area (Å²) in [4.78, 5) is -0.414. The van der Waals surface area contributed by atoms with Gasteiger partial charge in [0.25, 0.3) is 0 Å². The second-order valence-electron chi connectivity index (χ2n) is 5.09. The molecule has 10 heteroatoms. The van der Waals surface area contributed by atoms with Gasteiger partial charge in [0, 0.05) is 11.6 Å². The van der Waals surface area contributed by atoms with Crippen molar-refractivity contribution in [3.8, 4) is 23.0 Å². The van der Waals surface area contributed by atoms with E-state index in [2.05, 4.69) is 4.72 Å². The maximum Gasteiger partial charge on any atom is 0.244 e. The average molecular weight is 422 g/mol. The first kappa shape index (κ1) is 20.4. The van der Waals surface area contributed by atoms with Crippen LogP contribution in [0.2, 0.25) is 10.0 Å². The van der Waals surface area contributed by atoms with Gasteiger partial charge in [-0.15, -0.1) is 0 Å². The third kappa shape index (κ3) is 4.27. The molecule has 0 aromatic heterocycles. The fraction of sp³-hybridized carbons (Fsp3) is 0.250. The molecule has 0 amide bonds. The highest BCUT2D eigenvalue weighted by Gasteiger charge is 2.22. The van der Waals surface area contributed by atoms with Crippen molar-refractivity contribution in [2.45, 2.75) is 11.4 Å². The highest BCUT2D eigenvalue weighted by Crippen LogP contribution is 2.38. The monoisotopic (exact) mass is 421 g/mol. The lowest BCUT2D eigenvalue weighted by atomic mass is 10.2. The molecule has 142 valence electrons. The number of phenolic OH excluding ortho intramolecular Hbond substituents is 1. The number of benzene rings is 2. The number of ether oxygens (including phenoxy) is 3. The van der Waals surface area contributed by atoms with Gasteiger partial charge in [-0.2, -0.15) is 0 Å². The van der Waals surface area contributed by atoms with Gasteiger partial charge in [-0.1, -0.05) is 23.2 Å². The maximum absolute atomic E-state index is 12.5. The number of aromatic hydroxyl groups is 1. The van der Waals surface area contributed by atoms with Gasteiger partial charge in [0.05, 0.1) is 26.4 Å². The van der Waals surface area contributed by atoms with Crippen molar-refractivity contribution in [1.29, 1.82) is 0 Å². The molecule has 2 aromatic carbocycles. The highest BCUT2D eigenvalue weighted by molar-refractivity contribution is 7.89. The Morgan fingerprint density at radius 2 is 1.58 bits per heavy atom. The van der Waals surface area contributed by atoms with Crippen molar-refractivity contribution < 1.29 is 27.7 Å². The Hall–Kier alpha value is -1.87. The Morgan fingerprint density at radius 3 is 2.08 bits per heavy atom. The van der Waals surface area contributed by atoms with Gasteiger partial charge in [-0.3, -0.25) is 0 Å². The first-order valence-electron chi connectivity index (χ1n) is 7.20. The zero-order valence-corrected chi connectivity index (χ0v) is 16.5. The summed E-state index contributed by atoms with van der Waals surface area (Å²) in [6.07, 6.45) is 0. The number of hydrogen-bond donors (Lipinski definition) is 2. The second kappa shape index (κ2) is 8.22. The van der Waals surface area contributed by atoms with Crippen LogP contribution in [0.1, 0.15) is 5.56 Å². The van der Waals surface area contributed by atoms with Crippen LogP contribution in [0.15, 0.2) is 29.2 Å². The van der Waals surface area contributed by atoms with E-state index in [1.54, 1.807) is 12.1 Å². The standard InChI is InChI=1S/C16H17Cl2NO6S/c1-23-12-4-9(5-13(24-2)16(12)25-3)8-19-26(21,22)14-7-10(17)6-11(18)15(14)20/h4-7,19-20H,8H2,1-3H3. The van der Waals surface area contributed by atoms with Crippen molar-refractivity contribution in [1.82, 2.24) is 4.72 Å². The molecule has 7 nitrogen and oxygen atoms in total. The lowest BCUT2D eigenvalue weighted by Gasteiger charge is -2.15. The molecule has 2 N–H and O–H groups in total. The van der Waals surface area contributed by atoms with E-state index < -0.39 is 20.7 Å². The Kier molecular flexibility index (Phi) is 6.46. The number of rotatable bonds is 7. The number of halogens is 2. The van der Waals surface area contributed by atoms with Crippen LogP contribution in [0.4, 0.5) is 0 Å². The molecule has 2 rings (SSSR count). The minimum Gasteiger partial charge on any atom is -0.505 e. The Labute approximate surface area is 161 Å². The summed E-state index contributed by atoms with van der Waals surface area (Å²) in [6.45, 7) is -0.0946. The molecule has 2 aromatic rings. The van der Waals surface area contributed by atoms with Crippen LogP contribution >= 0.6 is 23.2 Å². The molecule has 0 aliphatic heterocycles. The predicted octanol–water partition coefficient (Wildman–Crippen LogP) is 3.20. The van der Waals surface area contributed by atoms with E-state index in [1.807, 2.05) is 0 Å². The molecule has 26 heavy (non-hydrogen) atoms. The van der Waals surface area contributed by atoms with Crippen LogP contribution in [0.25, 0.3) is 0 Å². The molecule has 0 radical (unpaired) electrons. The van der Waals surface area contributed by atoms with E-state index in [1.165, 1.54) is 27.4 Å². The fourth-order valence-electron chi connectivity index (χ4n) is 2.24. The molecule has 0 unspecified atom stereocenters. The van der Waals surface area contributed by atoms with Gasteiger partial charge in [0.15, 0.2) is 17.2 Å². The molecule has 0 heterocycles. The van der Waals surface area contributed by atoms with E-state index in [9.17, 15) is 13.5 Å². The van der Waals surface area contributed by atoms with Gasteiger partial charge < -0.3 is 19.3 Å². The molecule has 0 spiro atoms. The van der Waals surface area contributed by atoms with E-state index in [0.717, 1.165) is 6.07 Å². The number of sulfonamides is 1. The zero-order chi connectivity index (χ0) is 19.5. The normalized spacial score (nSPS) is 11.3. The van der Waals surface area contributed by atoms with Gasteiger partial charge >= 0.3 is 0 Å². The molecule has 0 bridgehead atoms. The lowest BCUT2D eigenvalue weighted by molar-refractivity contribution is 0.323. The quantitative estimate of drug-likeness (QED) is 0.712. The van der Waals surface area contributed by atoms with Gasteiger partial charge in [-0.05, 0) is 29.8 Å². The fourth-order valence-corrected chi connectivity index (χ4v) is 4.01. The van der Waals surface area contributed by atoms with Crippen molar-refractivity contribution >= 4 is 33.2 Å². The van der Waals surface area contributed by atoms with Gasteiger partial charge in [0.1, 0.15) is 4.90 Å². The smallest absolute Gasteiger partial charge is 0.244 e. The summed E-state index contributed by atoms with van der Waals surface area (Å²) in [6, 6.07) is 5.57. The molecule has 0 aliphatic carbocycles. The summed E-state index contributed by atoms with van der Waals surface area (Å²) in [5.41, 5.74) is 0.552. The zero-order valence-electron chi connectivity index (χ0n) is 14.2. The highest BCUT2D eigenvalue weighted by atomic mass is 35.5. The minimum absolute atomic E-state index is 0.0842. The van der Waals surface area contributed by atoms with Crippen molar-refractivity contribution in [3.05, 3.63) is 39.9 Å². The number of methoxy groups -OCH3 is 3. The average Bonchev–Trinajstić information content (AvgIpc) is 2.61. The summed E-state index contributed by atoms with van der Waals surface area (Å²) < 4.78 is 43.0. The summed E-state index contributed by atoms with van der Waals surface area (Å²) >= 11 is 11.6. The molecule has 0 saturated carbocycles. The molecule has 0 aliphatic rings. The Morgan fingerprint density at radius 1 is 1.00 bits per heavy atom.